The van der Waals surface area contributed by atoms with Gasteiger partial charge in [0.25, 0.3) is 0 Å². The van der Waals surface area contributed by atoms with Crippen LogP contribution in [0.15, 0.2) is 265 Å². The highest BCUT2D eigenvalue weighted by Gasteiger charge is 2.27. The van der Waals surface area contributed by atoms with Gasteiger partial charge in [-0.05, 0) is 129 Å². The number of nitrogen functional groups attached to an aromatic ring is 1. The van der Waals surface area contributed by atoms with Gasteiger partial charge in [-0.25, -0.2) is 59.8 Å². The molecular formula is C98H103N41O. The van der Waals surface area contributed by atoms with E-state index in [0.717, 1.165) is 214 Å². The number of benzene rings is 3. The molecule has 706 valence electrons. The van der Waals surface area contributed by atoms with Gasteiger partial charge in [-0.3, -0.25) is 50.5 Å². The van der Waals surface area contributed by atoms with Gasteiger partial charge in [0.1, 0.15) is 17.4 Å². The second kappa shape index (κ2) is 39.4. The Morgan fingerprint density at radius 1 is 0.400 bits per heavy atom. The SMILES string of the molecule is CNC1CCN(c2ccc(Nc3nccn4c(-c5cnn(C)c5)cnc34)cn2)CC1.Cn1cc(-c2cnc3c(NC4Cc5ccc(N)cc5C4)nccn23)cn1.Cn1cc(-c2cnc3c(Nc4ccc(N5CC[C@H](N)C5)nc4)nccn23)cn1.Cn1cc(-c2cnc3c(Nc4ccc(O)c(-c5ccn[nH]5)c4)nccn23)cn1.Cn1cc(-c2cnc3c(Nc4cccc(C5CNCCN5)c4)nccn23)cn1. The summed E-state index contributed by atoms with van der Waals surface area (Å²) in [6, 6.07) is 31.2. The standard InChI is InChI=1S/C21H25N9.C20H22N8.C19H21N9.C19H16N8O.C19H19N7/c1-22-16-5-8-29(9-6-16)19-4-3-17(12-24-19)27-20-21-25-13-18(30(21)10-7-23-20)15-11-26-28(2)14-15;1-27-13-15(10-25-27)18-12-24-20-19(23-7-8-28(18)20)26-16-4-2-3-14(9-16)17-11-21-5-6-22-17;1-26-11-13(8-24-26)16-10-23-19-18(21-5-7-28(16)19)25-15-2-3-17(22-9-15)27-6-4-14(20)12-27;1-26-11-12(9-23-26)16-10-21-19-18(20-6-7-27(16)19)24-13-2-3-17(28)14(8-13)15-4-5-22-25-15;1-25-11-14(9-23-25)17-10-22-19-18(21-4-5-26(17)19)24-16-7-12-2-3-15(20)6-13(12)8-16/h3-4,7,10-14,16,22H,5-6,8-9H2,1-2H3,(H,23,27);2-4,7-10,12-13,17,21-22H,5-6,11H2,1H3,(H,23,26);2-3,5,7-11,14H,4,6,12,20H2,1H3,(H,21,25);2-11,28H,1H3,(H,20,24)(H,22,25);2-6,9-11,16H,7-8,20H2,1H3,(H,21,24)/t;;14-;;/m..0../s1. The molecule has 3 aromatic carbocycles. The van der Waals surface area contributed by atoms with Gasteiger partial charge in [0.15, 0.2) is 57.3 Å². The quantitative estimate of drug-likeness (QED) is 0.0249. The number of piperidine rings is 1. The fraction of sp³-hybridized carbons (Fsp3) is 0.224. The number of aromatic amines is 1. The minimum atomic E-state index is 0.167. The van der Waals surface area contributed by atoms with Gasteiger partial charge >= 0.3 is 0 Å². The zero-order chi connectivity index (χ0) is 95.3. The number of pyridine rings is 2. The van der Waals surface area contributed by atoms with Gasteiger partial charge in [-0.15, -0.1) is 0 Å². The third-order valence-electron chi connectivity index (χ3n) is 25.1. The first kappa shape index (κ1) is 88.9. The van der Waals surface area contributed by atoms with Crippen LogP contribution in [0.4, 0.5) is 69.2 Å². The molecule has 1 aliphatic carbocycles. The van der Waals surface area contributed by atoms with Crippen LogP contribution in [0.25, 0.3) is 95.8 Å². The summed E-state index contributed by atoms with van der Waals surface area (Å²) >= 11 is 0. The summed E-state index contributed by atoms with van der Waals surface area (Å²) in [4.78, 5) is 59.0. The number of aromatic nitrogens is 29. The van der Waals surface area contributed by atoms with Crippen molar-refractivity contribution >= 4 is 97.4 Å². The van der Waals surface area contributed by atoms with Gasteiger partial charge in [-0.1, -0.05) is 18.2 Å². The first-order valence-electron chi connectivity index (χ1n) is 46.0. The molecule has 4 aliphatic rings. The smallest absolute Gasteiger partial charge is 0.180 e. The van der Waals surface area contributed by atoms with E-state index in [9.17, 15) is 5.11 Å². The molecule has 0 spiro atoms. The second-order valence-electron chi connectivity index (χ2n) is 34.7. The number of nitrogens with zero attached hydrogens (tertiary/aromatic N) is 30. The van der Waals surface area contributed by atoms with Crippen molar-refractivity contribution in [1.82, 2.24) is 157 Å². The van der Waals surface area contributed by atoms with Crippen molar-refractivity contribution in [2.24, 2.45) is 41.0 Å². The zero-order valence-electron chi connectivity index (χ0n) is 77.6. The number of phenolic OH excluding ortho intramolecular Hbond substituents is 1. The van der Waals surface area contributed by atoms with E-state index in [1.807, 2.05) is 219 Å². The second-order valence-corrected chi connectivity index (χ2v) is 34.7. The summed E-state index contributed by atoms with van der Waals surface area (Å²) in [5.41, 5.74) is 35.2. The lowest BCUT2D eigenvalue weighted by Gasteiger charge is -2.32. The Morgan fingerprint density at radius 2 is 0.836 bits per heavy atom. The topological polar surface area (TPSA) is 469 Å². The predicted octanol–water partition coefficient (Wildman–Crippen LogP) is 11.6. The fourth-order valence-electron chi connectivity index (χ4n) is 18.0. The van der Waals surface area contributed by atoms with Crippen LogP contribution in [0.1, 0.15) is 42.0 Å². The number of imidazole rings is 5. The lowest BCUT2D eigenvalue weighted by molar-refractivity contribution is 0.430. The molecule has 2 unspecified atom stereocenters. The maximum absolute atomic E-state index is 10.2. The minimum absolute atomic E-state index is 0.167. The summed E-state index contributed by atoms with van der Waals surface area (Å²) in [6.45, 7) is 6.79. The van der Waals surface area contributed by atoms with E-state index in [0.29, 0.717) is 46.8 Å². The Labute approximate surface area is 801 Å². The maximum Gasteiger partial charge on any atom is 0.180 e. The molecule has 3 saturated heterocycles. The van der Waals surface area contributed by atoms with Crippen molar-refractivity contribution in [3.05, 3.63) is 281 Å². The minimum Gasteiger partial charge on any atom is -0.507 e. The van der Waals surface area contributed by atoms with Crippen LogP contribution in [0.5, 0.6) is 5.75 Å². The predicted molar refractivity (Wildman–Crippen MR) is 538 cm³/mol. The lowest BCUT2D eigenvalue weighted by atomic mass is 10.0. The van der Waals surface area contributed by atoms with Crippen LogP contribution in [-0.4, -0.2) is 217 Å². The maximum atomic E-state index is 10.2. The zero-order valence-corrected chi connectivity index (χ0v) is 77.6. The van der Waals surface area contributed by atoms with Crippen LogP contribution < -0.4 is 63.8 Å². The number of nitrogens with one attached hydrogen (secondary N) is 9. The Morgan fingerprint density at radius 3 is 1.25 bits per heavy atom. The van der Waals surface area contributed by atoms with Crippen molar-refractivity contribution in [2.45, 2.75) is 56.3 Å². The summed E-state index contributed by atoms with van der Waals surface area (Å²) in [6.07, 6.45) is 57.0. The number of nitrogens with two attached hydrogens (primary N) is 2. The Balaban J connectivity index is 0.000000104. The molecule has 3 aliphatic heterocycles. The number of H-pyrrole nitrogens is 1. The van der Waals surface area contributed by atoms with Crippen LogP contribution in [0, 0.1) is 0 Å². The number of fused-ring (bicyclic) bond motifs is 6. The van der Waals surface area contributed by atoms with E-state index < -0.39 is 0 Å². The van der Waals surface area contributed by atoms with Crippen LogP contribution in [0.2, 0.25) is 0 Å². The molecule has 0 saturated carbocycles. The fourth-order valence-corrected chi connectivity index (χ4v) is 18.0. The summed E-state index contributed by atoms with van der Waals surface area (Å²) in [7, 11) is 11.5. The number of hydrogen-bond donors (Lipinski definition) is 12. The molecule has 21 heterocycles. The molecular weight excluding hydrogens is 1770 g/mol. The molecule has 42 nitrogen and oxygen atoms in total. The average molecular weight is 1870 g/mol. The molecule has 0 radical (unpaired) electrons. The summed E-state index contributed by atoms with van der Waals surface area (Å²) in [5.74, 6) is 5.63. The van der Waals surface area contributed by atoms with Crippen molar-refractivity contribution < 1.29 is 5.11 Å². The average Bonchev–Trinajstić information content (AvgIpc) is 1.66. The van der Waals surface area contributed by atoms with Gasteiger partial charge in [-0.2, -0.15) is 30.6 Å². The summed E-state index contributed by atoms with van der Waals surface area (Å²) < 4.78 is 18.9. The highest BCUT2D eigenvalue weighted by molar-refractivity contribution is 5.81. The third-order valence-corrected chi connectivity index (χ3v) is 25.1. The molecule has 0 amide bonds. The highest BCUT2D eigenvalue weighted by atomic mass is 16.3. The molecule has 3 atom stereocenters. The third kappa shape index (κ3) is 19.3. The van der Waals surface area contributed by atoms with E-state index in [2.05, 4.69) is 190 Å². The Hall–Kier alpha value is -17.6. The van der Waals surface area contributed by atoms with Crippen LogP contribution in [-0.2, 0) is 48.1 Å². The van der Waals surface area contributed by atoms with Gasteiger partial charge in [0.2, 0.25) is 0 Å². The molecule has 21 aromatic rings. The number of phenols is 1. The normalized spacial score (nSPS) is 15.2. The molecule has 25 rings (SSSR count). The number of piperazine rings is 1. The molecule has 42 heteroatoms. The summed E-state index contributed by atoms with van der Waals surface area (Å²) in [5, 5.41) is 65.5. The van der Waals surface area contributed by atoms with Gasteiger partial charge in [0.05, 0.1) is 120 Å². The van der Waals surface area contributed by atoms with Crippen LogP contribution in [0.3, 0.4) is 0 Å². The van der Waals surface area contributed by atoms with E-state index >= 15 is 0 Å². The molecule has 14 N–H and O–H groups in total. The van der Waals surface area contributed by atoms with Crippen molar-refractivity contribution in [3.63, 3.8) is 0 Å². The molecule has 0 bridgehead atoms. The lowest BCUT2D eigenvalue weighted by Crippen LogP contribution is -2.42. The molecule has 3 fully saturated rings. The van der Waals surface area contributed by atoms with E-state index in [4.69, 9.17) is 11.5 Å². The van der Waals surface area contributed by atoms with Crippen molar-refractivity contribution in [1.29, 1.82) is 0 Å². The van der Waals surface area contributed by atoms with Crippen LogP contribution >= 0.6 is 0 Å². The Bertz CT molecular complexity index is 7870. The highest BCUT2D eigenvalue weighted by Crippen LogP contribution is 2.37. The van der Waals surface area contributed by atoms with Crippen molar-refractivity contribution in [3.8, 4) is 73.3 Å². The number of rotatable bonds is 20. The van der Waals surface area contributed by atoms with E-state index in [1.54, 1.807) is 91.2 Å². The number of anilines is 12. The monoisotopic (exact) mass is 1870 g/mol. The van der Waals surface area contributed by atoms with E-state index in [-0.39, 0.29) is 11.8 Å². The van der Waals surface area contributed by atoms with Gasteiger partial charge < -0.3 is 68.9 Å². The first-order valence-corrected chi connectivity index (χ1v) is 46.0. The van der Waals surface area contributed by atoms with Crippen molar-refractivity contribution in [2.75, 3.05) is 95.0 Å². The number of aryl methyl sites for hydroxylation is 5. The van der Waals surface area contributed by atoms with E-state index in [1.165, 1.54) is 16.7 Å². The van der Waals surface area contributed by atoms with Gasteiger partial charge in [0, 0.05) is 255 Å². The molecule has 140 heavy (non-hydrogen) atoms. The first-order chi connectivity index (χ1) is 68.5. The largest absolute Gasteiger partial charge is 0.507 e. The number of hydrogen-bond acceptors (Lipinski definition) is 31. The Kier molecular flexibility index (Phi) is 25.0. The number of aromatic hydroxyl groups is 1. The molecule has 18 aromatic heterocycles.